The van der Waals surface area contributed by atoms with Crippen molar-refractivity contribution in [2.24, 2.45) is 5.41 Å². The van der Waals surface area contributed by atoms with Crippen molar-refractivity contribution in [3.05, 3.63) is 18.2 Å². The quantitative estimate of drug-likeness (QED) is 0.884. The summed E-state index contributed by atoms with van der Waals surface area (Å²) in [6.45, 7) is 4.90. The van der Waals surface area contributed by atoms with Crippen LogP contribution in [-0.2, 0) is 4.79 Å². The smallest absolute Gasteiger partial charge is 0.311 e. The Labute approximate surface area is 116 Å². The first-order valence-corrected chi connectivity index (χ1v) is 6.66. The van der Waals surface area contributed by atoms with Gasteiger partial charge in [-0.3, -0.25) is 9.20 Å². The van der Waals surface area contributed by atoms with Gasteiger partial charge in [0.15, 0.2) is 5.82 Å². The highest BCUT2D eigenvalue weighted by Gasteiger charge is 2.38. The maximum Gasteiger partial charge on any atom is 0.311 e. The van der Waals surface area contributed by atoms with Gasteiger partial charge in [-0.15, -0.1) is 10.2 Å². The average Bonchev–Trinajstić information content (AvgIpc) is 2.81. The second-order valence-electron chi connectivity index (χ2n) is 5.58. The number of carboxylic acid groups (broad SMARTS) is 1. The SMILES string of the molecule is Cc1nnc2c(N3CCCC(C)(C(=O)O)C3)nccn12. The maximum atomic E-state index is 11.4. The summed E-state index contributed by atoms with van der Waals surface area (Å²) in [4.78, 5) is 17.8. The van der Waals surface area contributed by atoms with Crippen LogP contribution in [0.5, 0.6) is 0 Å². The van der Waals surface area contributed by atoms with Gasteiger partial charge < -0.3 is 10.0 Å². The predicted octanol–water partition coefficient (Wildman–Crippen LogP) is 1.12. The highest BCUT2D eigenvalue weighted by atomic mass is 16.4. The summed E-state index contributed by atoms with van der Waals surface area (Å²) < 4.78 is 1.87. The van der Waals surface area contributed by atoms with E-state index in [4.69, 9.17) is 0 Å². The average molecular weight is 275 g/mol. The molecule has 2 aromatic heterocycles. The first-order valence-electron chi connectivity index (χ1n) is 6.66. The third-order valence-electron chi connectivity index (χ3n) is 3.99. The first-order chi connectivity index (χ1) is 9.51. The van der Waals surface area contributed by atoms with E-state index in [9.17, 15) is 9.90 Å². The van der Waals surface area contributed by atoms with Gasteiger partial charge in [0, 0.05) is 25.5 Å². The monoisotopic (exact) mass is 275 g/mol. The molecule has 1 aliphatic rings. The molecule has 1 atom stereocenters. The molecule has 7 nitrogen and oxygen atoms in total. The Kier molecular flexibility index (Phi) is 2.84. The van der Waals surface area contributed by atoms with Gasteiger partial charge in [-0.25, -0.2) is 4.98 Å². The van der Waals surface area contributed by atoms with Gasteiger partial charge in [-0.2, -0.15) is 0 Å². The van der Waals surface area contributed by atoms with Crippen molar-refractivity contribution in [1.29, 1.82) is 0 Å². The molecule has 0 spiro atoms. The number of aryl methyl sites for hydroxylation is 1. The second kappa shape index (κ2) is 4.43. The molecule has 2 aromatic rings. The Morgan fingerprint density at radius 1 is 1.45 bits per heavy atom. The topological polar surface area (TPSA) is 83.6 Å². The lowest BCUT2D eigenvalue weighted by Crippen LogP contribution is -2.46. The molecule has 20 heavy (non-hydrogen) atoms. The third-order valence-corrected chi connectivity index (χ3v) is 3.99. The van der Waals surface area contributed by atoms with Crippen molar-refractivity contribution in [3.8, 4) is 0 Å². The van der Waals surface area contributed by atoms with Gasteiger partial charge in [0.25, 0.3) is 0 Å². The molecule has 0 saturated carbocycles. The minimum absolute atomic E-state index is 0.445. The minimum Gasteiger partial charge on any atom is -0.481 e. The highest BCUT2D eigenvalue weighted by molar-refractivity contribution is 5.76. The molecule has 0 amide bonds. The maximum absolute atomic E-state index is 11.4. The van der Waals surface area contributed by atoms with Crippen LogP contribution in [0.3, 0.4) is 0 Å². The number of hydrogen-bond donors (Lipinski definition) is 1. The number of aliphatic carboxylic acids is 1. The molecule has 3 rings (SSSR count). The van der Waals surface area contributed by atoms with Crippen LogP contribution >= 0.6 is 0 Å². The lowest BCUT2D eigenvalue weighted by Gasteiger charge is -2.38. The van der Waals surface area contributed by atoms with Crippen LogP contribution in [0.4, 0.5) is 5.82 Å². The number of aromatic nitrogens is 4. The molecular formula is C13H17N5O2. The summed E-state index contributed by atoms with van der Waals surface area (Å²) in [6.07, 6.45) is 5.03. The van der Waals surface area contributed by atoms with E-state index >= 15 is 0 Å². The standard InChI is InChI=1S/C13H17N5O2/c1-9-15-16-11-10(14-5-7-18(9)11)17-6-3-4-13(2,8-17)12(19)20/h5,7H,3-4,6,8H2,1-2H3,(H,19,20). The zero-order chi connectivity index (χ0) is 14.3. The summed E-state index contributed by atoms with van der Waals surface area (Å²) >= 11 is 0. The number of rotatable bonds is 2. The first kappa shape index (κ1) is 12.8. The lowest BCUT2D eigenvalue weighted by atomic mass is 9.82. The largest absolute Gasteiger partial charge is 0.481 e. The van der Waals surface area contributed by atoms with E-state index in [0.29, 0.717) is 24.4 Å². The Morgan fingerprint density at radius 3 is 3.00 bits per heavy atom. The van der Waals surface area contributed by atoms with Gasteiger partial charge in [0.2, 0.25) is 5.65 Å². The number of carboxylic acids is 1. The summed E-state index contributed by atoms with van der Waals surface area (Å²) in [5, 5.41) is 17.6. The van der Waals surface area contributed by atoms with Crippen molar-refractivity contribution >= 4 is 17.4 Å². The molecule has 3 heterocycles. The van der Waals surface area contributed by atoms with E-state index in [1.54, 1.807) is 13.1 Å². The van der Waals surface area contributed by atoms with Crippen LogP contribution in [0.25, 0.3) is 5.65 Å². The van der Waals surface area contributed by atoms with Gasteiger partial charge in [-0.1, -0.05) is 0 Å². The molecular weight excluding hydrogens is 258 g/mol. The van der Waals surface area contributed by atoms with Crippen LogP contribution in [0.2, 0.25) is 0 Å². The highest BCUT2D eigenvalue weighted by Crippen LogP contribution is 2.32. The molecule has 1 fully saturated rings. The van der Waals surface area contributed by atoms with E-state index in [-0.39, 0.29) is 0 Å². The van der Waals surface area contributed by atoms with Crippen molar-refractivity contribution in [2.75, 3.05) is 18.0 Å². The summed E-state index contributed by atoms with van der Waals surface area (Å²) in [5.41, 5.74) is -0.0541. The molecule has 0 bridgehead atoms. The second-order valence-corrected chi connectivity index (χ2v) is 5.58. The molecule has 7 heteroatoms. The number of hydrogen-bond acceptors (Lipinski definition) is 5. The summed E-state index contributed by atoms with van der Waals surface area (Å²) in [6, 6.07) is 0. The van der Waals surface area contributed by atoms with Crippen LogP contribution in [-0.4, -0.2) is 43.7 Å². The minimum atomic E-state index is -0.758. The molecule has 1 N–H and O–H groups in total. The Morgan fingerprint density at radius 2 is 2.25 bits per heavy atom. The number of nitrogens with zero attached hydrogens (tertiary/aromatic N) is 5. The zero-order valence-corrected chi connectivity index (χ0v) is 11.6. The fraction of sp³-hybridized carbons (Fsp3) is 0.538. The van der Waals surface area contributed by atoms with E-state index in [2.05, 4.69) is 15.2 Å². The number of fused-ring (bicyclic) bond motifs is 1. The summed E-state index contributed by atoms with van der Waals surface area (Å²) in [7, 11) is 0. The van der Waals surface area contributed by atoms with E-state index < -0.39 is 11.4 Å². The Balaban J connectivity index is 2.01. The van der Waals surface area contributed by atoms with Crippen LogP contribution in [0.15, 0.2) is 12.4 Å². The van der Waals surface area contributed by atoms with Crippen molar-refractivity contribution in [1.82, 2.24) is 19.6 Å². The molecule has 1 aliphatic heterocycles. The molecule has 1 unspecified atom stereocenters. The molecule has 0 radical (unpaired) electrons. The fourth-order valence-corrected chi connectivity index (χ4v) is 2.75. The predicted molar refractivity (Wildman–Crippen MR) is 72.7 cm³/mol. The van der Waals surface area contributed by atoms with Gasteiger partial charge in [0.05, 0.1) is 5.41 Å². The number of piperidine rings is 1. The van der Waals surface area contributed by atoms with E-state index in [1.165, 1.54) is 0 Å². The molecule has 1 saturated heterocycles. The van der Waals surface area contributed by atoms with Gasteiger partial charge >= 0.3 is 5.97 Å². The molecule has 0 aliphatic carbocycles. The van der Waals surface area contributed by atoms with Crippen LogP contribution in [0.1, 0.15) is 25.6 Å². The van der Waals surface area contributed by atoms with Crippen LogP contribution < -0.4 is 4.90 Å². The van der Waals surface area contributed by atoms with E-state index in [0.717, 1.165) is 18.8 Å². The molecule has 106 valence electrons. The lowest BCUT2D eigenvalue weighted by molar-refractivity contribution is -0.148. The fourth-order valence-electron chi connectivity index (χ4n) is 2.75. The third kappa shape index (κ3) is 1.90. The van der Waals surface area contributed by atoms with Gasteiger partial charge in [-0.05, 0) is 26.7 Å². The van der Waals surface area contributed by atoms with Crippen LogP contribution in [0, 0.1) is 12.3 Å². The number of anilines is 1. The van der Waals surface area contributed by atoms with Gasteiger partial charge in [0.1, 0.15) is 5.82 Å². The summed E-state index contributed by atoms with van der Waals surface area (Å²) in [5.74, 6) is 0.744. The van der Waals surface area contributed by atoms with Crippen molar-refractivity contribution < 1.29 is 9.90 Å². The van der Waals surface area contributed by atoms with Crippen molar-refractivity contribution in [2.45, 2.75) is 26.7 Å². The Bertz CT molecular complexity index is 668. The Hall–Kier alpha value is -2.18. The van der Waals surface area contributed by atoms with E-state index in [1.807, 2.05) is 22.4 Å². The number of carbonyl (C=O) groups is 1. The van der Waals surface area contributed by atoms with Crippen molar-refractivity contribution in [3.63, 3.8) is 0 Å². The normalized spacial score (nSPS) is 23.2. The molecule has 0 aromatic carbocycles. The zero-order valence-electron chi connectivity index (χ0n) is 11.6.